The van der Waals surface area contributed by atoms with E-state index in [-0.39, 0.29) is 18.3 Å². The maximum Gasteiger partial charge on any atom is 0.251 e. The lowest BCUT2D eigenvalue weighted by molar-refractivity contribution is 0.0950. The smallest absolute Gasteiger partial charge is 0.251 e. The summed E-state index contributed by atoms with van der Waals surface area (Å²) in [5.74, 6) is -0.639. The Bertz CT molecular complexity index is 1090. The molecule has 5 nitrogen and oxygen atoms in total. The first-order chi connectivity index (χ1) is 13.2. The maximum absolute atomic E-state index is 13.1. The number of nitrogens with zero attached hydrogens (tertiary/aromatic N) is 3. The number of imidazole rings is 1. The SMILES string of the molecule is CCc1nn2c(CNC(=O)c3ccc(F)cc3)c(-c3ccccc3)nc2s1. The Hall–Kier alpha value is -3.06. The molecule has 0 saturated heterocycles. The van der Waals surface area contributed by atoms with Crippen molar-refractivity contribution in [3.05, 3.63) is 76.7 Å². The minimum absolute atomic E-state index is 0.269. The van der Waals surface area contributed by atoms with E-state index in [4.69, 9.17) is 4.98 Å². The summed E-state index contributed by atoms with van der Waals surface area (Å²) in [6.07, 6.45) is 0.829. The molecule has 0 aliphatic heterocycles. The van der Waals surface area contributed by atoms with Gasteiger partial charge in [0.2, 0.25) is 4.96 Å². The van der Waals surface area contributed by atoms with Crippen LogP contribution >= 0.6 is 11.3 Å². The van der Waals surface area contributed by atoms with Crippen LogP contribution in [-0.2, 0) is 13.0 Å². The van der Waals surface area contributed by atoms with Crippen LogP contribution in [-0.4, -0.2) is 20.5 Å². The molecule has 0 spiro atoms. The van der Waals surface area contributed by atoms with Crippen LogP contribution in [0.5, 0.6) is 0 Å². The molecule has 0 atom stereocenters. The Balaban J connectivity index is 1.67. The summed E-state index contributed by atoms with van der Waals surface area (Å²) in [6.45, 7) is 2.32. The van der Waals surface area contributed by atoms with E-state index in [9.17, 15) is 9.18 Å². The van der Waals surface area contributed by atoms with E-state index in [1.54, 1.807) is 15.9 Å². The highest BCUT2D eigenvalue weighted by Crippen LogP contribution is 2.27. The van der Waals surface area contributed by atoms with E-state index in [0.717, 1.165) is 33.3 Å². The van der Waals surface area contributed by atoms with Gasteiger partial charge in [0.05, 0.1) is 17.9 Å². The fourth-order valence-corrected chi connectivity index (χ4v) is 3.68. The fourth-order valence-electron chi connectivity index (χ4n) is 2.83. The van der Waals surface area contributed by atoms with Gasteiger partial charge in [-0.15, -0.1) is 0 Å². The van der Waals surface area contributed by atoms with E-state index < -0.39 is 0 Å². The van der Waals surface area contributed by atoms with Crippen molar-refractivity contribution >= 4 is 22.2 Å². The number of rotatable bonds is 5. The molecule has 2 heterocycles. The van der Waals surface area contributed by atoms with Gasteiger partial charge in [0.1, 0.15) is 10.8 Å². The van der Waals surface area contributed by atoms with E-state index in [1.165, 1.54) is 24.3 Å². The van der Waals surface area contributed by atoms with Gasteiger partial charge in [-0.25, -0.2) is 13.9 Å². The minimum Gasteiger partial charge on any atom is -0.346 e. The number of aryl methyl sites for hydroxylation is 1. The molecule has 4 rings (SSSR count). The van der Waals surface area contributed by atoms with Crippen LogP contribution in [0.25, 0.3) is 16.2 Å². The third kappa shape index (κ3) is 3.46. The summed E-state index contributed by atoms with van der Waals surface area (Å²) >= 11 is 1.55. The molecule has 1 amide bonds. The Morgan fingerprint density at radius 2 is 1.89 bits per heavy atom. The molecule has 27 heavy (non-hydrogen) atoms. The highest BCUT2D eigenvalue weighted by atomic mass is 32.1. The van der Waals surface area contributed by atoms with E-state index in [1.807, 2.05) is 37.3 Å². The highest BCUT2D eigenvalue weighted by Gasteiger charge is 2.18. The van der Waals surface area contributed by atoms with Gasteiger partial charge in [-0.05, 0) is 30.7 Å². The molecule has 0 unspecified atom stereocenters. The number of halogens is 1. The molecule has 0 aliphatic rings. The van der Waals surface area contributed by atoms with Gasteiger partial charge in [-0.2, -0.15) is 5.10 Å². The van der Waals surface area contributed by atoms with Gasteiger partial charge >= 0.3 is 0 Å². The van der Waals surface area contributed by atoms with E-state index >= 15 is 0 Å². The normalized spacial score (nSPS) is 11.0. The standard InChI is InChI=1S/C20H17FN4OS/c1-2-17-24-25-16(12-22-19(26)14-8-10-15(21)11-9-14)18(23-20(25)27-17)13-6-4-3-5-7-13/h3-11H,2,12H2,1H3,(H,22,26). The lowest BCUT2D eigenvalue weighted by atomic mass is 10.1. The van der Waals surface area contributed by atoms with Crippen molar-refractivity contribution in [2.24, 2.45) is 0 Å². The largest absolute Gasteiger partial charge is 0.346 e. The van der Waals surface area contributed by atoms with Gasteiger partial charge in [0.15, 0.2) is 0 Å². The van der Waals surface area contributed by atoms with Crippen molar-refractivity contribution in [2.75, 3.05) is 0 Å². The lowest BCUT2D eigenvalue weighted by Gasteiger charge is -2.07. The van der Waals surface area contributed by atoms with Gasteiger partial charge in [-0.1, -0.05) is 48.6 Å². The monoisotopic (exact) mass is 380 g/mol. The van der Waals surface area contributed by atoms with Gasteiger partial charge in [0.25, 0.3) is 5.91 Å². The highest BCUT2D eigenvalue weighted by molar-refractivity contribution is 7.16. The number of fused-ring (bicyclic) bond motifs is 1. The predicted molar refractivity (Wildman–Crippen MR) is 103 cm³/mol. The summed E-state index contributed by atoms with van der Waals surface area (Å²) < 4.78 is 14.9. The first kappa shape index (κ1) is 17.4. The van der Waals surface area contributed by atoms with Crippen molar-refractivity contribution < 1.29 is 9.18 Å². The number of hydrogen-bond donors (Lipinski definition) is 1. The van der Waals surface area contributed by atoms with Crippen molar-refractivity contribution in [1.82, 2.24) is 19.9 Å². The zero-order valence-electron chi connectivity index (χ0n) is 14.6. The average Bonchev–Trinajstić information content (AvgIpc) is 3.25. The van der Waals surface area contributed by atoms with E-state index in [0.29, 0.717) is 5.56 Å². The molecule has 2 aromatic carbocycles. The summed E-state index contributed by atoms with van der Waals surface area (Å²) in [6, 6.07) is 15.3. The summed E-state index contributed by atoms with van der Waals surface area (Å²) in [4.78, 5) is 17.9. The first-order valence-electron chi connectivity index (χ1n) is 8.62. The van der Waals surface area contributed by atoms with Gasteiger partial charge < -0.3 is 5.32 Å². The molecule has 136 valence electrons. The third-order valence-electron chi connectivity index (χ3n) is 4.21. The molecule has 0 saturated carbocycles. The number of aromatic nitrogens is 3. The van der Waals surface area contributed by atoms with E-state index in [2.05, 4.69) is 10.4 Å². The molecule has 0 radical (unpaired) electrons. The maximum atomic E-state index is 13.1. The number of amides is 1. The van der Waals surface area contributed by atoms with Crippen LogP contribution in [0, 0.1) is 5.82 Å². The van der Waals surface area contributed by atoms with Crippen molar-refractivity contribution in [2.45, 2.75) is 19.9 Å². The second-order valence-corrected chi connectivity index (χ2v) is 7.05. The Morgan fingerprint density at radius 1 is 1.15 bits per heavy atom. The predicted octanol–water partition coefficient (Wildman–Crippen LogP) is 4.09. The lowest BCUT2D eigenvalue weighted by Crippen LogP contribution is -2.24. The van der Waals surface area contributed by atoms with Gasteiger partial charge in [0, 0.05) is 11.1 Å². The molecule has 0 bridgehead atoms. The zero-order valence-corrected chi connectivity index (χ0v) is 15.5. The summed E-state index contributed by atoms with van der Waals surface area (Å²) in [7, 11) is 0. The van der Waals surface area contributed by atoms with Crippen molar-refractivity contribution in [3.63, 3.8) is 0 Å². The number of nitrogens with one attached hydrogen (secondary N) is 1. The quantitative estimate of drug-likeness (QED) is 0.567. The number of benzene rings is 2. The van der Waals surface area contributed by atoms with Crippen LogP contribution in [0.2, 0.25) is 0 Å². The minimum atomic E-state index is -0.370. The van der Waals surface area contributed by atoms with Gasteiger partial charge in [-0.3, -0.25) is 4.79 Å². The molecular formula is C20H17FN4OS. The van der Waals surface area contributed by atoms with Crippen LogP contribution in [0.3, 0.4) is 0 Å². The number of carbonyl (C=O) groups is 1. The molecule has 7 heteroatoms. The summed E-state index contributed by atoms with van der Waals surface area (Å²) in [5, 5.41) is 8.49. The molecule has 2 aromatic heterocycles. The fraction of sp³-hybridized carbons (Fsp3) is 0.150. The number of carbonyl (C=O) groups excluding carboxylic acids is 1. The average molecular weight is 380 g/mol. The molecule has 4 aromatic rings. The Labute approximate surface area is 159 Å². The third-order valence-corrected chi connectivity index (χ3v) is 5.26. The van der Waals surface area contributed by atoms with Crippen LogP contribution in [0.1, 0.15) is 28.0 Å². The molecule has 0 fully saturated rings. The second kappa shape index (κ2) is 7.28. The summed E-state index contributed by atoms with van der Waals surface area (Å²) in [5.41, 5.74) is 3.00. The van der Waals surface area contributed by atoms with Crippen molar-refractivity contribution in [3.8, 4) is 11.3 Å². The zero-order chi connectivity index (χ0) is 18.8. The molecule has 1 N–H and O–H groups in total. The topological polar surface area (TPSA) is 59.3 Å². The Morgan fingerprint density at radius 3 is 2.59 bits per heavy atom. The van der Waals surface area contributed by atoms with Crippen LogP contribution in [0.15, 0.2) is 54.6 Å². The van der Waals surface area contributed by atoms with Crippen molar-refractivity contribution in [1.29, 1.82) is 0 Å². The Kier molecular flexibility index (Phi) is 4.68. The molecule has 0 aliphatic carbocycles. The molecular weight excluding hydrogens is 363 g/mol. The first-order valence-corrected chi connectivity index (χ1v) is 9.44. The van der Waals surface area contributed by atoms with Crippen LogP contribution < -0.4 is 5.32 Å². The second-order valence-electron chi connectivity index (χ2n) is 6.01. The number of hydrogen-bond acceptors (Lipinski definition) is 4. The van der Waals surface area contributed by atoms with Crippen LogP contribution in [0.4, 0.5) is 4.39 Å².